The van der Waals surface area contributed by atoms with Gasteiger partial charge in [-0.25, -0.2) is 0 Å². The van der Waals surface area contributed by atoms with Crippen molar-refractivity contribution < 1.29 is 60.2 Å². The predicted octanol–water partition coefficient (Wildman–Crippen LogP) is 11.0. The van der Waals surface area contributed by atoms with Gasteiger partial charge in [0.2, 0.25) is 0 Å². The third-order valence-corrected chi connectivity index (χ3v) is 13.0. The molecule has 0 aromatic heterocycles. The first-order chi connectivity index (χ1) is 32.8. The van der Waals surface area contributed by atoms with Gasteiger partial charge in [0.15, 0.2) is 0 Å². The molecule has 0 saturated heterocycles. The second-order valence-corrected chi connectivity index (χ2v) is 17.4. The fraction of sp³-hybridized carbons (Fsp3) is 0.107. The average Bonchev–Trinajstić information content (AvgIpc) is 4.00. The van der Waals surface area contributed by atoms with Crippen molar-refractivity contribution in [3.63, 3.8) is 0 Å². The average molecular weight is 907 g/mol. The molecule has 338 valence electrons. The minimum atomic E-state index is -0.799. The highest BCUT2D eigenvalue weighted by atomic mass is 16.5. The van der Waals surface area contributed by atoms with E-state index in [1.54, 1.807) is 109 Å². The predicted molar refractivity (Wildman–Crippen MR) is 251 cm³/mol. The molecule has 0 amide bonds. The van der Waals surface area contributed by atoms with Gasteiger partial charge in [0.25, 0.3) is 0 Å². The monoisotopic (exact) mass is 906 g/mol. The highest BCUT2D eigenvalue weighted by Crippen LogP contribution is 2.60. The van der Waals surface area contributed by atoms with Crippen LogP contribution in [0.15, 0.2) is 152 Å². The summed E-state index contributed by atoms with van der Waals surface area (Å²) in [6.07, 6.45) is 1.40. The maximum atomic E-state index is 11.6. The van der Waals surface area contributed by atoms with Gasteiger partial charge < -0.3 is 60.2 Å². The van der Waals surface area contributed by atoms with E-state index in [9.17, 15) is 46.0 Å². The first-order valence-electron chi connectivity index (χ1n) is 21.8. The Morgan fingerprint density at radius 3 is 1.28 bits per heavy atom. The Labute approximate surface area is 389 Å². The van der Waals surface area contributed by atoms with Crippen molar-refractivity contribution >= 4 is 12.2 Å². The Balaban J connectivity index is 1.09. The largest absolute Gasteiger partial charge is 0.508 e. The van der Waals surface area contributed by atoms with Crippen LogP contribution in [0, 0.1) is 0 Å². The van der Waals surface area contributed by atoms with Gasteiger partial charge in [0, 0.05) is 41.0 Å². The molecule has 0 radical (unpaired) electrons. The Bertz CT molecular complexity index is 3250. The van der Waals surface area contributed by atoms with Gasteiger partial charge in [-0.15, -0.1) is 0 Å². The third-order valence-electron chi connectivity index (χ3n) is 13.0. The number of phenols is 9. The van der Waals surface area contributed by atoms with E-state index < -0.39 is 36.1 Å². The molecule has 0 aliphatic carbocycles. The molecule has 9 N–H and O–H groups in total. The third kappa shape index (κ3) is 7.47. The Morgan fingerprint density at radius 2 is 0.721 bits per heavy atom. The summed E-state index contributed by atoms with van der Waals surface area (Å²) in [6, 6.07) is 40.6. The quantitative estimate of drug-likeness (QED) is 0.0652. The van der Waals surface area contributed by atoms with Crippen molar-refractivity contribution in [2.75, 3.05) is 0 Å². The van der Waals surface area contributed by atoms with Crippen LogP contribution in [0.4, 0.5) is 0 Å². The van der Waals surface area contributed by atoms with Crippen LogP contribution in [0.3, 0.4) is 0 Å². The highest BCUT2D eigenvalue weighted by molar-refractivity contribution is 5.76. The molecule has 3 aliphatic rings. The Morgan fingerprint density at radius 1 is 0.294 bits per heavy atom. The summed E-state index contributed by atoms with van der Waals surface area (Å²) in [5, 5.41) is 96.5. The second kappa shape index (κ2) is 16.2. The summed E-state index contributed by atoms with van der Waals surface area (Å²) in [4.78, 5) is 0. The van der Waals surface area contributed by atoms with Crippen molar-refractivity contribution in [1.29, 1.82) is 0 Å². The van der Waals surface area contributed by atoms with Gasteiger partial charge in [0.05, 0.1) is 17.8 Å². The standard InChI is InChI=1S/C56H42O12/c57-35-10-2-28(3-11-35)1-4-31-17-42(64)26-47-49(31)50(33-18-38(60)23-39(61)19-33)56(67-47)32-9-16-46-44(22-32)52(55(66-46)30-7-14-37(59)15-8-30)45-25-43(65)27-48-53(45)51(34-20-40(62)24-41(63)21-34)54(68-48)29-5-12-36(58)13-6-29/h1-27,50-52,54-65H/t50-,51-,52+,54+,55+,56+/m0/s1. The highest BCUT2D eigenvalue weighted by Gasteiger charge is 2.47. The zero-order valence-corrected chi connectivity index (χ0v) is 35.8. The van der Waals surface area contributed by atoms with Crippen LogP contribution in [-0.2, 0) is 0 Å². The van der Waals surface area contributed by atoms with E-state index in [-0.39, 0.29) is 51.7 Å². The molecular weight excluding hydrogens is 865 g/mol. The van der Waals surface area contributed by atoms with E-state index in [2.05, 4.69) is 0 Å². The molecule has 0 bridgehead atoms. The molecule has 0 spiro atoms. The number of benzene rings is 8. The normalized spacial score (nSPS) is 20.0. The van der Waals surface area contributed by atoms with Crippen LogP contribution in [-0.4, -0.2) is 46.0 Å². The lowest BCUT2D eigenvalue weighted by Gasteiger charge is -2.26. The van der Waals surface area contributed by atoms with Crippen LogP contribution in [0.2, 0.25) is 0 Å². The zero-order chi connectivity index (χ0) is 47.0. The summed E-state index contributed by atoms with van der Waals surface area (Å²) >= 11 is 0. The minimum absolute atomic E-state index is 0.0494. The van der Waals surface area contributed by atoms with Gasteiger partial charge in [0.1, 0.15) is 87.3 Å². The fourth-order valence-electron chi connectivity index (χ4n) is 10.2. The van der Waals surface area contributed by atoms with E-state index in [0.29, 0.717) is 72.9 Å². The number of rotatable bonds is 8. The minimum Gasteiger partial charge on any atom is -0.508 e. The number of fused-ring (bicyclic) bond motifs is 3. The first-order valence-corrected chi connectivity index (χ1v) is 21.8. The summed E-state index contributed by atoms with van der Waals surface area (Å²) < 4.78 is 20.4. The van der Waals surface area contributed by atoms with E-state index >= 15 is 0 Å². The van der Waals surface area contributed by atoms with E-state index in [1.807, 2.05) is 30.4 Å². The molecule has 0 saturated carbocycles. The second-order valence-electron chi connectivity index (χ2n) is 17.4. The number of hydrogen-bond donors (Lipinski definition) is 9. The van der Waals surface area contributed by atoms with Crippen molar-refractivity contribution in [3.05, 3.63) is 213 Å². The molecule has 12 heteroatoms. The van der Waals surface area contributed by atoms with Crippen LogP contribution >= 0.6 is 0 Å². The smallest absolute Gasteiger partial charge is 0.135 e. The fourth-order valence-corrected chi connectivity index (χ4v) is 10.2. The van der Waals surface area contributed by atoms with Gasteiger partial charge >= 0.3 is 0 Å². The number of phenolic OH excluding ortho intramolecular Hbond substituents is 9. The molecule has 11 rings (SSSR count). The lowest BCUT2D eigenvalue weighted by atomic mass is 9.76. The number of ether oxygens (including phenoxy) is 3. The summed E-state index contributed by atoms with van der Waals surface area (Å²) in [5.74, 6) is -1.32. The van der Waals surface area contributed by atoms with E-state index in [1.165, 1.54) is 24.3 Å². The topological polar surface area (TPSA) is 210 Å². The Hall–Kier alpha value is -8.90. The molecule has 68 heavy (non-hydrogen) atoms. The molecule has 12 nitrogen and oxygen atoms in total. The summed E-state index contributed by atoms with van der Waals surface area (Å²) in [7, 11) is 0. The van der Waals surface area contributed by atoms with E-state index in [0.717, 1.165) is 5.56 Å². The molecule has 8 aromatic rings. The van der Waals surface area contributed by atoms with Gasteiger partial charge in [-0.2, -0.15) is 0 Å². The first kappa shape index (κ1) is 41.8. The van der Waals surface area contributed by atoms with Crippen LogP contribution < -0.4 is 14.2 Å². The maximum Gasteiger partial charge on any atom is 0.135 e. The van der Waals surface area contributed by atoms with Gasteiger partial charge in [-0.05, 0) is 129 Å². The number of hydrogen-bond acceptors (Lipinski definition) is 12. The van der Waals surface area contributed by atoms with E-state index in [4.69, 9.17) is 14.2 Å². The van der Waals surface area contributed by atoms with Crippen LogP contribution in [0.1, 0.15) is 97.3 Å². The zero-order valence-electron chi connectivity index (χ0n) is 35.8. The summed E-state index contributed by atoms with van der Waals surface area (Å²) in [6.45, 7) is 0. The van der Waals surface area contributed by atoms with Gasteiger partial charge in [-0.3, -0.25) is 0 Å². The van der Waals surface area contributed by atoms with Crippen molar-refractivity contribution in [2.24, 2.45) is 0 Å². The lowest BCUT2D eigenvalue weighted by molar-refractivity contribution is 0.219. The SMILES string of the molecule is Oc1ccc(C=Cc2cc(O)cc3c2[C@H](c2cc(O)cc(O)c2)[C@@H](c2ccc4c(c2)[C@H](c2cc(O)cc5c2[C@H](c2cc(O)cc(O)c2)[C@@H](c2ccc(O)cc2)O5)[C@@H](c2ccc(O)cc2)O4)O3)cc1. The molecular formula is C56H42O12. The molecule has 6 atom stereocenters. The molecule has 3 aliphatic heterocycles. The summed E-state index contributed by atoms with van der Waals surface area (Å²) in [5.41, 5.74) is 7.17. The molecule has 3 heterocycles. The van der Waals surface area contributed by atoms with Crippen molar-refractivity contribution in [3.8, 4) is 69.0 Å². The molecule has 0 fully saturated rings. The Kier molecular flexibility index (Phi) is 9.96. The number of aromatic hydroxyl groups is 9. The lowest BCUT2D eigenvalue weighted by Crippen LogP contribution is -2.16. The van der Waals surface area contributed by atoms with Crippen LogP contribution in [0.25, 0.3) is 12.2 Å². The van der Waals surface area contributed by atoms with Crippen molar-refractivity contribution in [1.82, 2.24) is 0 Å². The van der Waals surface area contributed by atoms with Gasteiger partial charge in [-0.1, -0.05) is 54.6 Å². The molecule has 0 unspecified atom stereocenters. The molecule has 8 aromatic carbocycles. The maximum absolute atomic E-state index is 11.6. The van der Waals surface area contributed by atoms with Crippen LogP contribution in [0.5, 0.6) is 69.0 Å². The van der Waals surface area contributed by atoms with Crippen molar-refractivity contribution in [2.45, 2.75) is 36.1 Å².